The van der Waals surface area contributed by atoms with E-state index in [4.69, 9.17) is 0 Å². The summed E-state index contributed by atoms with van der Waals surface area (Å²) in [5.74, 6) is 0. The van der Waals surface area contributed by atoms with Gasteiger partial charge in [-0.05, 0) is 66.0 Å². The van der Waals surface area contributed by atoms with Gasteiger partial charge >= 0.3 is 0 Å². The Labute approximate surface area is 114 Å². The van der Waals surface area contributed by atoms with E-state index < -0.39 is 0 Å². The minimum atomic E-state index is 0.634. The highest BCUT2D eigenvalue weighted by Crippen LogP contribution is 2.14. The van der Waals surface area contributed by atoms with E-state index in [9.17, 15) is 0 Å². The number of likely N-dealkylation sites (tertiary alicyclic amines) is 1. The zero-order valence-electron chi connectivity index (χ0n) is 12.9. The summed E-state index contributed by atoms with van der Waals surface area (Å²) in [7, 11) is 4.42. The van der Waals surface area contributed by atoms with E-state index in [0.717, 1.165) is 6.04 Å². The number of unbranched alkanes of at least 4 members (excludes halogenated alkanes) is 2. The minimum absolute atomic E-state index is 0.634. The van der Waals surface area contributed by atoms with Crippen LogP contribution in [0.5, 0.6) is 0 Å². The van der Waals surface area contributed by atoms with Crippen molar-refractivity contribution < 1.29 is 0 Å². The fourth-order valence-corrected chi connectivity index (χ4v) is 2.69. The molecule has 1 rings (SSSR count). The second-order valence-corrected chi connectivity index (χ2v) is 6.21. The summed E-state index contributed by atoms with van der Waals surface area (Å²) in [4.78, 5) is 5.03. The number of nitrogens with one attached hydrogen (secondary N) is 1. The van der Waals surface area contributed by atoms with Crippen LogP contribution in [0.3, 0.4) is 0 Å². The van der Waals surface area contributed by atoms with Gasteiger partial charge in [-0.25, -0.2) is 0 Å². The maximum absolute atomic E-state index is 3.48. The van der Waals surface area contributed by atoms with Gasteiger partial charge in [0.2, 0.25) is 0 Å². The number of rotatable bonds is 8. The number of piperidine rings is 1. The summed E-state index contributed by atoms with van der Waals surface area (Å²) < 4.78 is 0. The molecule has 0 atom stereocenters. The van der Waals surface area contributed by atoms with Crippen molar-refractivity contribution in [2.45, 2.75) is 58.0 Å². The van der Waals surface area contributed by atoms with E-state index in [1.54, 1.807) is 0 Å². The molecule has 1 aliphatic heterocycles. The van der Waals surface area contributed by atoms with Gasteiger partial charge in [-0.1, -0.05) is 20.3 Å². The molecule has 0 unspecified atom stereocenters. The van der Waals surface area contributed by atoms with E-state index in [0.29, 0.717) is 6.04 Å². The van der Waals surface area contributed by atoms with Gasteiger partial charge in [0.05, 0.1) is 0 Å². The van der Waals surface area contributed by atoms with Crippen molar-refractivity contribution in [3.05, 3.63) is 0 Å². The van der Waals surface area contributed by atoms with Crippen molar-refractivity contribution >= 4 is 0 Å². The molecule has 1 fully saturated rings. The molecule has 0 saturated carbocycles. The lowest BCUT2D eigenvalue weighted by Gasteiger charge is -2.35. The standard InChI is InChI=1S/C15H33N3/c1-14(2)16-10-6-5-7-11-18-12-8-15(9-13-18)17(3)4/h14-16H,5-13H2,1-4H3. The van der Waals surface area contributed by atoms with Gasteiger partial charge in [0.15, 0.2) is 0 Å². The lowest BCUT2D eigenvalue weighted by atomic mass is 10.0. The molecule has 108 valence electrons. The summed E-state index contributed by atoms with van der Waals surface area (Å²) >= 11 is 0. The van der Waals surface area contributed by atoms with Crippen molar-refractivity contribution in [2.75, 3.05) is 40.3 Å². The zero-order valence-corrected chi connectivity index (χ0v) is 12.9. The number of hydrogen-bond acceptors (Lipinski definition) is 3. The fourth-order valence-electron chi connectivity index (χ4n) is 2.69. The van der Waals surface area contributed by atoms with Crippen molar-refractivity contribution in [3.8, 4) is 0 Å². The molecule has 1 N–H and O–H groups in total. The van der Waals surface area contributed by atoms with E-state index in [1.807, 2.05) is 0 Å². The number of hydrogen-bond donors (Lipinski definition) is 1. The molecular formula is C15H33N3. The topological polar surface area (TPSA) is 18.5 Å². The van der Waals surface area contributed by atoms with Gasteiger partial charge in [0.1, 0.15) is 0 Å². The summed E-state index contributed by atoms with van der Waals surface area (Å²) in [6.45, 7) is 9.52. The predicted molar refractivity (Wildman–Crippen MR) is 80.1 cm³/mol. The predicted octanol–water partition coefficient (Wildman–Crippen LogP) is 2.18. The highest BCUT2D eigenvalue weighted by atomic mass is 15.2. The van der Waals surface area contributed by atoms with Gasteiger partial charge in [-0.3, -0.25) is 0 Å². The molecular weight excluding hydrogens is 222 g/mol. The van der Waals surface area contributed by atoms with Crippen molar-refractivity contribution in [3.63, 3.8) is 0 Å². The van der Waals surface area contributed by atoms with E-state index in [-0.39, 0.29) is 0 Å². The fraction of sp³-hybridized carbons (Fsp3) is 1.00. The molecule has 1 saturated heterocycles. The van der Waals surface area contributed by atoms with Gasteiger partial charge in [0.25, 0.3) is 0 Å². The Morgan fingerprint density at radius 2 is 1.78 bits per heavy atom. The molecule has 1 heterocycles. The Hall–Kier alpha value is -0.120. The number of nitrogens with zero attached hydrogens (tertiary/aromatic N) is 2. The maximum Gasteiger partial charge on any atom is 0.0113 e. The molecule has 0 amide bonds. The third-order valence-electron chi connectivity index (χ3n) is 3.99. The van der Waals surface area contributed by atoms with Crippen LogP contribution >= 0.6 is 0 Å². The maximum atomic E-state index is 3.48. The van der Waals surface area contributed by atoms with Gasteiger partial charge in [-0.2, -0.15) is 0 Å². The largest absolute Gasteiger partial charge is 0.315 e. The molecule has 0 bridgehead atoms. The Morgan fingerprint density at radius 3 is 2.33 bits per heavy atom. The molecule has 0 aliphatic carbocycles. The Kier molecular flexibility index (Phi) is 7.87. The Bertz CT molecular complexity index is 196. The molecule has 18 heavy (non-hydrogen) atoms. The normalized spacial score (nSPS) is 19.0. The lowest BCUT2D eigenvalue weighted by molar-refractivity contribution is 0.143. The molecule has 0 aromatic carbocycles. The molecule has 0 aromatic heterocycles. The van der Waals surface area contributed by atoms with Crippen LogP contribution < -0.4 is 5.32 Å². The van der Waals surface area contributed by atoms with E-state index in [2.05, 4.69) is 43.1 Å². The highest BCUT2D eigenvalue weighted by molar-refractivity contribution is 4.76. The summed E-state index contributed by atoms with van der Waals surface area (Å²) in [5.41, 5.74) is 0. The first-order valence-corrected chi connectivity index (χ1v) is 7.71. The smallest absolute Gasteiger partial charge is 0.0113 e. The average Bonchev–Trinajstić information content (AvgIpc) is 2.34. The van der Waals surface area contributed by atoms with Crippen LogP contribution in [0.2, 0.25) is 0 Å². The van der Waals surface area contributed by atoms with Crippen LogP contribution in [0.1, 0.15) is 46.0 Å². The first-order valence-electron chi connectivity index (χ1n) is 7.71. The SMILES string of the molecule is CC(C)NCCCCCN1CCC(N(C)C)CC1. The third-order valence-corrected chi connectivity index (χ3v) is 3.99. The van der Waals surface area contributed by atoms with Crippen LogP contribution in [0.25, 0.3) is 0 Å². The Balaban J connectivity index is 1.95. The van der Waals surface area contributed by atoms with E-state index >= 15 is 0 Å². The van der Waals surface area contributed by atoms with Crippen LogP contribution in [-0.2, 0) is 0 Å². The summed E-state index contributed by atoms with van der Waals surface area (Å²) in [6.07, 6.45) is 6.76. The second-order valence-electron chi connectivity index (χ2n) is 6.21. The molecule has 0 radical (unpaired) electrons. The Morgan fingerprint density at radius 1 is 1.11 bits per heavy atom. The summed E-state index contributed by atoms with van der Waals surface area (Å²) in [6, 6.07) is 1.45. The van der Waals surface area contributed by atoms with Gasteiger partial charge < -0.3 is 15.1 Å². The molecule has 3 heteroatoms. The summed E-state index contributed by atoms with van der Waals surface area (Å²) in [5, 5.41) is 3.48. The van der Waals surface area contributed by atoms with Gasteiger partial charge in [0, 0.05) is 12.1 Å². The first kappa shape index (κ1) is 15.9. The first-order chi connectivity index (χ1) is 8.59. The van der Waals surface area contributed by atoms with Crippen LogP contribution in [0, 0.1) is 0 Å². The third kappa shape index (κ3) is 6.72. The lowest BCUT2D eigenvalue weighted by Crippen LogP contribution is -2.42. The molecule has 1 aliphatic rings. The van der Waals surface area contributed by atoms with Crippen LogP contribution in [0.15, 0.2) is 0 Å². The molecule has 0 aromatic rings. The quantitative estimate of drug-likeness (QED) is 0.671. The van der Waals surface area contributed by atoms with Crippen molar-refractivity contribution in [1.82, 2.24) is 15.1 Å². The highest BCUT2D eigenvalue weighted by Gasteiger charge is 2.19. The van der Waals surface area contributed by atoms with Crippen LogP contribution in [-0.4, -0.2) is 62.2 Å². The van der Waals surface area contributed by atoms with Crippen LogP contribution in [0.4, 0.5) is 0 Å². The molecule has 3 nitrogen and oxygen atoms in total. The molecule has 0 spiro atoms. The van der Waals surface area contributed by atoms with Gasteiger partial charge in [-0.15, -0.1) is 0 Å². The minimum Gasteiger partial charge on any atom is -0.315 e. The second kappa shape index (κ2) is 8.89. The van der Waals surface area contributed by atoms with E-state index in [1.165, 1.54) is 58.3 Å². The van der Waals surface area contributed by atoms with Crippen molar-refractivity contribution in [2.24, 2.45) is 0 Å². The average molecular weight is 255 g/mol. The zero-order chi connectivity index (χ0) is 13.4. The van der Waals surface area contributed by atoms with Crippen molar-refractivity contribution in [1.29, 1.82) is 0 Å². The monoisotopic (exact) mass is 255 g/mol.